The zero-order valence-electron chi connectivity index (χ0n) is 8.70. The SMILES string of the molecule is CNC(=O)C1C[C@H]2CCC[C@@H](C1)C2O. The summed E-state index contributed by atoms with van der Waals surface area (Å²) >= 11 is 0. The van der Waals surface area contributed by atoms with Crippen molar-refractivity contribution in [3.05, 3.63) is 0 Å². The molecule has 2 aliphatic rings. The number of aliphatic hydroxyl groups excluding tert-OH is 1. The van der Waals surface area contributed by atoms with E-state index in [2.05, 4.69) is 5.32 Å². The lowest BCUT2D eigenvalue weighted by Gasteiger charge is -2.42. The Kier molecular flexibility index (Phi) is 2.77. The number of rotatable bonds is 1. The Hall–Kier alpha value is -0.570. The molecule has 0 spiro atoms. The number of aliphatic hydroxyl groups is 1. The van der Waals surface area contributed by atoms with Crippen LogP contribution in [0.3, 0.4) is 0 Å². The third-order valence-electron chi connectivity index (χ3n) is 3.91. The third-order valence-corrected chi connectivity index (χ3v) is 3.91. The van der Waals surface area contributed by atoms with Gasteiger partial charge in [0, 0.05) is 13.0 Å². The normalized spacial score (nSPS) is 41.9. The van der Waals surface area contributed by atoms with E-state index in [9.17, 15) is 9.90 Å². The van der Waals surface area contributed by atoms with Gasteiger partial charge < -0.3 is 10.4 Å². The first-order valence-corrected chi connectivity index (χ1v) is 5.62. The van der Waals surface area contributed by atoms with E-state index >= 15 is 0 Å². The summed E-state index contributed by atoms with van der Waals surface area (Å²) in [5, 5.41) is 12.6. The molecule has 3 heteroatoms. The van der Waals surface area contributed by atoms with Gasteiger partial charge in [0.2, 0.25) is 5.91 Å². The molecule has 14 heavy (non-hydrogen) atoms. The summed E-state index contributed by atoms with van der Waals surface area (Å²) in [5.41, 5.74) is 0. The van der Waals surface area contributed by atoms with Gasteiger partial charge in [-0.2, -0.15) is 0 Å². The fraction of sp³-hybridized carbons (Fsp3) is 0.909. The van der Waals surface area contributed by atoms with E-state index in [4.69, 9.17) is 0 Å². The van der Waals surface area contributed by atoms with Crippen LogP contribution >= 0.6 is 0 Å². The van der Waals surface area contributed by atoms with Crippen molar-refractivity contribution in [1.82, 2.24) is 5.32 Å². The minimum Gasteiger partial charge on any atom is -0.393 e. The van der Waals surface area contributed by atoms with Gasteiger partial charge in [-0.05, 0) is 37.5 Å². The Balaban J connectivity index is 2.03. The van der Waals surface area contributed by atoms with Crippen LogP contribution in [0.25, 0.3) is 0 Å². The van der Waals surface area contributed by atoms with E-state index in [1.165, 1.54) is 6.42 Å². The van der Waals surface area contributed by atoms with Crippen LogP contribution in [0.5, 0.6) is 0 Å². The zero-order valence-corrected chi connectivity index (χ0v) is 8.70. The number of fused-ring (bicyclic) bond motifs is 2. The number of nitrogens with one attached hydrogen (secondary N) is 1. The summed E-state index contributed by atoms with van der Waals surface area (Å²) in [5.74, 6) is 1.07. The predicted molar refractivity (Wildman–Crippen MR) is 53.6 cm³/mol. The molecule has 0 aromatic heterocycles. The van der Waals surface area contributed by atoms with Gasteiger partial charge >= 0.3 is 0 Å². The average molecular weight is 197 g/mol. The minimum atomic E-state index is -0.135. The molecule has 2 aliphatic carbocycles. The minimum absolute atomic E-state index is 0.135. The molecule has 0 aromatic rings. The molecule has 1 amide bonds. The van der Waals surface area contributed by atoms with Crippen molar-refractivity contribution in [3.63, 3.8) is 0 Å². The first-order chi connectivity index (χ1) is 6.72. The van der Waals surface area contributed by atoms with E-state index in [0.29, 0.717) is 11.8 Å². The molecular formula is C11H19NO2. The van der Waals surface area contributed by atoms with Crippen molar-refractivity contribution in [3.8, 4) is 0 Å². The maximum absolute atomic E-state index is 11.5. The number of carbonyl (C=O) groups is 1. The molecular weight excluding hydrogens is 178 g/mol. The molecule has 80 valence electrons. The standard InChI is InChI=1S/C11H19NO2/c1-12-11(14)9-5-7-3-2-4-8(6-9)10(7)13/h7-10,13H,2-6H2,1H3,(H,12,14)/t7-,8+,9?,10?. The zero-order chi connectivity index (χ0) is 10.1. The summed E-state index contributed by atoms with van der Waals surface area (Å²) in [6.45, 7) is 0. The molecule has 2 fully saturated rings. The largest absolute Gasteiger partial charge is 0.393 e. The van der Waals surface area contributed by atoms with Crippen LogP contribution in [0.15, 0.2) is 0 Å². The van der Waals surface area contributed by atoms with Gasteiger partial charge in [0.05, 0.1) is 6.10 Å². The van der Waals surface area contributed by atoms with Crippen LogP contribution in [0.1, 0.15) is 32.1 Å². The molecule has 4 atom stereocenters. The Morgan fingerprint density at radius 2 is 1.86 bits per heavy atom. The summed E-state index contributed by atoms with van der Waals surface area (Å²) in [7, 11) is 1.70. The van der Waals surface area contributed by atoms with Gasteiger partial charge in [0.15, 0.2) is 0 Å². The fourth-order valence-electron chi connectivity index (χ4n) is 3.13. The monoisotopic (exact) mass is 197 g/mol. The molecule has 2 bridgehead atoms. The lowest BCUT2D eigenvalue weighted by atomic mass is 9.66. The van der Waals surface area contributed by atoms with E-state index in [1.807, 2.05) is 0 Å². The maximum atomic E-state index is 11.5. The first kappa shape index (κ1) is 9.97. The second-order valence-electron chi connectivity index (χ2n) is 4.72. The number of hydrogen-bond acceptors (Lipinski definition) is 2. The molecule has 0 aromatic carbocycles. The van der Waals surface area contributed by atoms with E-state index in [1.54, 1.807) is 7.05 Å². The molecule has 0 heterocycles. The summed E-state index contributed by atoms with van der Waals surface area (Å²) in [6.07, 6.45) is 5.07. The van der Waals surface area contributed by atoms with Gasteiger partial charge in [-0.25, -0.2) is 0 Å². The van der Waals surface area contributed by atoms with Crippen LogP contribution in [-0.2, 0) is 4.79 Å². The van der Waals surface area contributed by atoms with Crippen LogP contribution in [-0.4, -0.2) is 24.2 Å². The van der Waals surface area contributed by atoms with Crippen molar-refractivity contribution in [2.75, 3.05) is 7.05 Å². The van der Waals surface area contributed by atoms with Crippen molar-refractivity contribution < 1.29 is 9.90 Å². The van der Waals surface area contributed by atoms with Crippen molar-refractivity contribution in [1.29, 1.82) is 0 Å². The Bertz CT molecular complexity index is 215. The molecule has 0 saturated heterocycles. The Morgan fingerprint density at radius 1 is 1.29 bits per heavy atom. The number of amides is 1. The van der Waals surface area contributed by atoms with Crippen LogP contribution in [0.4, 0.5) is 0 Å². The van der Waals surface area contributed by atoms with Crippen molar-refractivity contribution in [2.24, 2.45) is 17.8 Å². The van der Waals surface area contributed by atoms with E-state index in [0.717, 1.165) is 25.7 Å². The Labute approximate surface area is 84.9 Å². The average Bonchev–Trinajstić information content (AvgIpc) is 2.16. The quantitative estimate of drug-likeness (QED) is 0.656. The Morgan fingerprint density at radius 3 is 2.36 bits per heavy atom. The molecule has 2 N–H and O–H groups in total. The molecule has 2 unspecified atom stereocenters. The van der Waals surface area contributed by atoms with Crippen molar-refractivity contribution in [2.45, 2.75) is 38.2 Å². The van der Waals surface area contributed by atoms with Gasteiger partial charge in [-0.3, -0.25) is 4.79 Å². The molecule has 0 aliphatic heterocycles. The number of carbonyl (C=O) groups excluding carboxylic acids is 1. The van der Waals surface area contributed by atoms with Gasteiger partial charge in [-0.1, -0.05) is 6.42 Å². The highest BCUT2D eigenvalue weighted by atomic mass is 16.3. The van der Waals surface area contributed by atoms with E-state index in [-0.39, 0.29) is 17.9 Å². The number of hydrogen-bond donors (Lipinski definition) is 2. The van der Waals surface area contributed by atoms with Gasteiger partial charge in [-0.15, -0.1) is 0 Å². The maximum Gasteiger partial charge on any atom is 0.222 e. The molecule has 2 saturated carbocycles. The highest BCUT2D eigenvalue weighted by Gasteiger charge is 2.41. The topological polar surface area (TPSA) is 49.3 Å². The van der Waals surface area contributed by atoms with Crippen LogP contribution < -0.4 is 5.32 Å². The van der Waals surface area contributed by atoms with Gasteiger partial charge in [0.25, 0.3) is 0 Å². The smallest absolute Gasteiger partial charge is 0.222 e. The highest BCUT2D eigenvalue weighted by molar-refractivity contribution is 5.78. The summed E-state index contributed by atoms with van der Waals surface area (Å²) < 4.78 is 0. The molecule has 3 nitrogen and oxygen atoms in total. The molecule has 2 rings (SSSR count). The molecule has 0 radical (unpaired) electrons. The second kappa shape index (κ2) is 3.89. The lowest BCUT2D eigenvalue weighted by molar-refractivity contribution is -0.130. The van der Waals surface area contributed by atoms with Crippen LogP contribution in [0.2, 0.25) is 0 Å². The summed E-state index contributed by atoms with van der Waals surface area (Å²) in [4.78, 5) is 11.5. The van der Waals surface area contributed by atoms with Gasteiger partial charge in [0.1, 0.15) is 0 Å². The highest BCUT2D eigenvalue weighted by Crippen LogP contribution is 2.42. The second-order valence-corrected chi connectivity index (χ2v) is 4.72. The lowest BCUT2D eigenvalue weighted by Crippen LogP contribution is -2.44. The third kappa shape index (κ3) is 1.65. The predicted octanol–water partition coefficient (Wildman–Crippen LogP) is 0.920. The van der Waals surface area contributed by atoms with E-state index < -0.39 is 0 Å². The fourth-order valence-corrected chi connectivity index (χ4v) is 3.13. The first-order valence-electron chi connectivity index (χ1n) is 5.62. The van der Waals surface area contributed by atoms with Crippen molar-refractivity contribution >= 4 is 5.91 Å². The summed E-state index contributed by atoms with van der Waals surface area (Å²) in [6, 6.07) is 0. The van der Waals surface area contributed by atoms with Crippen LogP contribution in [0, 0.1) is 17.8 Å².